The molecule has 4 aliphatic rings. The smallest absolute Gasteiger partial charge is 0.407 e. The molecule has 0 bridgehead atoms. The van der Waals surface area contributed by atoms with Gasteiger partial charge in [0.25, 0.3) is 0 Å². The lowest BCUT2D eigenvalue weighted by Crippen LogP contribution is -2.51. The van der Waals surface area contributed by atoms with Crippen molar-refractivity contribution in [2.24, 2.45) is 46.3 Å². The van der Waals surface area contributed by atoms with E-state index in [2.05, 4.69) is 56.6 Å². The zero-order valence-electron chi connectivity index (χ0n) is 36.6. The number of ether oxygens (including phenoxy) is 3. The van der Waals surface area contributed by atoms with Crippen LogP contribution in [0.4, 0.5) is 4.79 Å². The summed E-state index contributed by atoms with van der Waals surface area (Å²) in [4.78, 5) is 49.1. The van der Waals surface area contributed by atoms with Crippen LogP contribution in [-0.2, 0) is 28.6 Å². The summed E-state index contributed by atoms with van der Waals surface area (Å²) in [6.45, 7) is 14.3. The molecule has 0 heterocycles. The number of esters is 1. The number of unbranched alkanes of at least 4 members (excludes halogenated alkanes) is 2. The van der Waals surface area contributed by atoms with E-state index < -0.39 is 25.2 Å². The van der Waals surface area contributed by atoms with Crippen LogP contribution in [-0.4, -0.2) is 69.4 Å². The van der Waals surface area contributed by atoms with Crippen LogP contribution in [0, 0.1) is 46.3 Å². The normalized spacial score (nSPS) is 31.6. The van der Waals surface area contributed by atoms with Gasteiger partial charge in [-0.05, 0) is 111 Å². The van der Waals surface area contributed by atoms with Crippen LogP contribution in [0.2, 0.25) is 0 Å². The summed E-state index contributed by atoms with van der Waals surface area (Å²) < 4.78 is 31.0. The number of nitrogens with one attached hydrogen (secondary N) is 3. The maximum atomic E-state index is 12.8. The van der Waals surface area contributed by atoms with Crippen molar-refractivity contribution in [1.29, 1.82) is 0 Å². The number of alkyl carbamates (subject to hydrolysis) is 1. The topological polar surface area (TPSA) is 132 Å². The van der Waals surface area contributed by atoms with Gasteiger partial charge in [-0.2, -0.15) is 0 Å². The Labute approximate surface area is 329 Å². The number of amides is 3. The van der Waals surface area contributed by atoms with Crippen LogP contribution in [0.25, 0.3) is 0 Å². The highest BCUT2D eigenvalue weighted by Gasteiger charge is 2.59. The van der Waals surface area contributed by atoms with E-state index in [-0.39, 0.29) is 55.3 Å². The molecule has 10 heteroatoms. The number of carbonyl (C=O) groups excluding carboxylic acids is 4. The first kappa shape index (κ1) is 41.0. The predicted octanol–water partition coefficient (Wildman–Crippen LogP) is 8.27. The molecule has 308 valence electrons. The van der Waals surface area contributed by atoms with Crippen molar-refractivity contribution < 1.29 is 36.1 Å². The molecule has 11 atom stereocenters. The fraction of sp³-hybridized carbons (Fsp3) is 0.864. The zero-order valence-corrected chi connectivity index (χ0v) is 34.6. The molecule has 3 amide bonds. The minimum atomic E-state index is -1.55. The number of rotatable bonds is 20. The standard InChI is InChI=1S/C44H75N3O7/c1-29(2)13-12-14-30(3)35-18-19-36-34-17-16-32-27-33(22-24-43(32,5)37(34)23-25-44(35,36)6)54-42(51)46-26-11-9-10-15-40(49)47-38(28-52-8)31(4)53-41(50)21-20-39(48)45-7/h16,29-31,33-38H,9-15,17-28H2,1-8H3,(H,45,48)(H,46,51)(H,47,49)/i8TD. The fourth-order valence-electron chi connectivity index (χ4n) is 11.1. The molecule has 0 aromatic rings. The lowest BCUT2D eigenvalue weighted by Gasteiger charge is -2.58. The molecular formula is C44H75N3O7. The highest BCUT2D eigenvalue weighted by atomic mass is 16.6. The van der Waals surface area contributed by atoms with Crippen molar-refractivity contribution in [1.82, 2.24) is 16.0 Å². The third-order valence-corrected chi connectivity index (χ3v) is 14.2. The molecule has 54 heavy (non-hydrogen) atoms. The molecule has 3 saturated carbocycles. The molecule has 3 fully saturated rings. The summed E-state index contributed by atoms with van der Waals surface area (Å²) in [6.07, 6.45) is 17.0. The van der Waals surface area contributed by atoms with Crippen molar-refractivity contribution in [3.05, 3.63) is 11.6 Å². The maximum absolute atomic E-state index is 12.8. The Balaban J connectivity index is 1.15. The minimum Gasteiger partial charge on any atom is -0.460 e. The van der Waals surface area contributed by atoms with E-state index in [4.69, 9.17) is 17.0 Å². The van der Waals surface area contributed by atoms with Gasteiger partial charge >= 0.3 is 12.1 Å². The van der Waals surface area contributed by atoms with Crippen LogP contribution < -0.4 is 16.0 Å². The van der Waals surface area contributed by atoms with Crippen LogP contribution in [0.5, 0.6) is 0 Å². The molecule has 0 spiro atoms. The Morgan fingerprint density at radius 1 is 0.944 bits per heavy atom. The van der Waals surface area contributed by atoms with Gasteiger partial charge in [0.1, 0.15) is 12.2 Å². The van der Waals surface area contributed by atoms with Crippen molar-refractivity contribution in [3.63, 3.8) is 0 Å². The molecule has 4 rings (SSSR count). The van der Waals surface area contributed by atoms with E-state index in [0.29, 0.717) is 24.8 Å². The number of carbonyl (C=O) groups is 4. The summed E-state index contributed by atoms with van der Waals surface area (Å²) in [7, 11) is -0.0650. The molecule has 3 N–H and O–H groups in total. The fourth-order valence-corrected chi connectivity index (χ4v) is 11.1. The summed E-state index contributed by atoms with van der Waals surface area (Å²) >= 11 is 0. The van der Waals surface area contributed by atoms with E-state index in [1.54, 1.807) is 6.92 Å². The number of methoxy groups -OCH3 is 1. The van der Waals surface area contributed by atoms with Gasteiger partial charge in [-0.25, -0.2) is 4.79 Å². The van der Waals surface area contributed by atoms with E-state index in [9.17, 15) is 19.2 Å². The average Bonchev–Trinajstić information content (AvgIpc) is 3.50. The number of hydrogen-bond donors (Lipinski definition) is 3. The second-order valence-electron chi connectivity index (χ2n) is 18.2. The summed E-state index contributed by atoms with van der Waals surface area (Å²) in [6, 6.07) is -0.749. The third kappa shape index (κ3) is 11.5. The molecule has 0 aromatic heterocycles. The van der Waals surface area contributed by atoms with Gasteiger partial charge in [-0.1, -0.05) is 72.0 Å². The van der Waals surface area contributed by atoms with Crippen LogP contribution in [0.1, 0.15) is 153 Å². The van der Waals surface area contributed by atoms with Gasteiger partial charge in [-0.15, -0.1) is 0 Å². The summed E-state index contributed by atoms with van der Waals surface area (Å²) in [5, 5.41) is 8.15. The van der Waals surface area contributed by atoms with E-state index >= 15 is 0 Å². The van der Waals surface area contributed by atoms with E-state index in [1.165, 1.54) is 64.0 Å². The Bertz CT molecular complexity index is 1350. The highest BCUT2D eigenvalue weighted by molar-refractivity contribution is 5.81. The van der Waals surface area contributed by atoms with Gasteiger partial charge in [0, 0.05) is 39.9 Å². The highest BCUT2D eigenvalue weighted by Crippen LogP contribution is 2.67. The molecule has 0 aliphatic heterocycles. The van der Waals surface area contributed by atoms with Crippen molar-refractivity contribution in [3.8, 4) is 0 Å². The van der Waals surface area contributed by atoms with Gasteiger partial charge in [0.2, 0.25) is 11.8 Å². The van der Waals surface area contributed by atoms with Crippen molar-refractivity contribution in [2.45, 2.75) is 169 Å². The van der Waals surface area contributed by atoms with Crippen molar-refractivity contribution in [2.75, 3.05) is 27.3 Å². The van der Waals surface area contributed by atoms with E-state index in [1.807, 2.05) is 0 Å². The predicted molar refractivity (Wildman–Crippen MR) is 212 cm³/mol. The van der Waals surface area contributed by atoms with Crippen LogP contribution in [0.15, 0.2) is 11.6 Å². The maximum Gasteiger partial charge on any atom is 0.407 e. The monoisotopic (exact) mass is 761 g/mol. The Morgan fingerprint density at radius 3 is 2.48 bits per heavy atom. The SMILES string of the molecule is [2H]C([3H])OCC(NC(=O)CCCCCNC(=O)OC1CCC2(C)C(=CCC3C2CCC2(C)C(C(C)CCCC(C)C)CCC32)C1)C(C)OC(=O)CCC(=O)NC. The second kappa shape index (κ2) is 20.5. The number of allylic oxidation sites excluding steroid dienone is 1. The Morgan fingerprint density at radius 2 is 1.74 bits per heavy atom. The quantitative estimate of drug-likeness (QED) is 0.0647. The molecule has 10 nitrogen and oxygen atoms in total. The molecule has 11 unspecified atom stereocenters. The first-order valence-electron chi connectivity index (χ1n) is 22.5. The third-order valence-electron chi connectivity index (χ3n) is 14.2. The van der Waals surface area contributed by atoms with Gasteiger partial charge < -0.3 is 30.2 Å². The Kier molecular flexibility index (Phi) is 15.6. The zero-order chi connectivity index (χ0) is 41.0. The van der Waals surface area contributed by atoms with Gasteiger partial charge in [-0.3, -0.25) is 14.4 Å². The molecular weight excluding hydrogens is 682 g/mol. The van der Waals surface area contributed by atoms with Crippen LogP contribution >= 0.6 is 0 Å². The lowest BCUT2D eigenvalue weighted by atomic mass is 9.47. The average molecular weight is 761 g/mol. The first-order valence-corrected chi connectivity index (χ1v) is 21.4. The summed E-state index contributed by atoms with van der Waals surface area (Å²) in [5.41, 5.74) is 2.21. The molecule has 0 saturated heterocycles. The second-order valence-corrected chi connectivity index (χ2v) is 18.2. The Hall–Kier alpha value is -2.62. The molecule has 4 aliphatic carbocycles. The largest absolute Gasteiger partial charge is 0.460 e. The van der Waals surface area contributed by atoms with Gasteiger partial charge in [0.15, 0.2) is 0 Å². The van der Waals surface area contributed by atoms with Crippen LogP contribution in [0.3, 0.4) is 0 Å². The van der Waals surface area contributed by atoms with E-state index in [0.717, 1.165) is 61.2 Å². The molecule has 0 aromatic carbocycles. The number of fused-ring (bicyclic) bond motifs is 5. The number of hydrogen-bond acceptors (Lipinski definition) is 7. The van der Waals surface area contributed by atoms with Crippen molar-refractivity contribution >= 4 is 23.9 Å². The molecule has 0 radical (unpaired) electrons. The van der Waals surface area contributed by atoms with Gasteiger partial charge in [0.05, 0.1) is 21.8 Å². The minimum absolute atomic E-state index is 0.0122. The first-order chi connectivity index (χ1) is 26.6. The summed E-state index contributed by atoms with van der Waals surface area (Å²) in [5.74, 6) is 3.68. The lowest BCUT2D eigenvalue weighted by molar-refractivity contribution is -0.152.